The summed E-state index contributed by atoms with van der Waals surface area (Å²) in [4.78, 5) is 11.6. The molecule has 0 aliphatic rings. The van der Waals surface area contributed by atoms with Crippen LogP contribution in [0.1, 0.15) is 18.6 Å². The van der Waals surface area contributed by atoms with Gasteiger partial charge in [-0.15, -0.1) is 0 Å². The molecule has 0 fully saturated rings. The Balaban J connectivity index is 2.48. The van der Waals surface area contributed by atoms with E-state index in [1.807, 2.05) is 11.6 Å². The van der Waals surface area contributed by atoms with E-state index >= 15 is 0 Å². The predicted molar refractivity (Wildman–Crippen MR) is 69.5 cm³/mol. The highest BCUT2D eigenvalue weighted by Crippen LogP contribution is 2.28. The molecule has 0 bridgehead atoms. The van der Waals surface area contributed by atoms with Crippen molar-refractivity contribution in [2.45, 2.75) is 13.0 Å². The van der Waals surface area contributed by atoms with Crippen molar-refractivity contribution in [2.75, 3.05) is 6.61 Å². The highest BCUT2D eigenvalue weighted by atomic mass is 35.5. The molecule has 2 aromatic rings. The topological polar surface area (TPSA) is 51.5 Å². The zero-order valence-electron chi connectivity index (χ0n) is 10.2. The second-order valence-corrected chi connectivity index (χ2v) is 4.45. The Labute approximate surface area is 110 Å². The number of benzene rings is 1. The average Bonchev–Trinajstić information content (AvgIpc) is 2.66. The third-order valence-corrected chi connectivity index (χ3v) is 3.02. The normalized spacial score (nSPS) is 12.7. The fraction of sp³-hybridized carbons (Fsp3) is 0.308. The van der Waals surface area contributed by atoms with Crippen LogP contribution in [-0.4, -0.2) is 22.2 Å². The van der Waals surface area contributed by atoms with Crippen LogP contribution in [0.15, 0.2) is 24.4 Å². The summed E-state index contributed by atoms with van der Waals surface area (Å²) in [6.07, 6.45) is 0.442. The van der Waals surface area contributed by atoms with E-state index in [0.29, 0.717) is 10.6 Å². The SMILES string of the molecule is CCOC(=O)C(O)c1cn(C)c2cc(Cl)ccc12. The number of halogens is 1. The molecule has 1 N–H and O–H groups in total. The maximum absolute atomic E-state index is 11.6. The average molecular weight is 268 g/mol. The highest BCUT2D eigenvalue weighted by molar-refractivity contribution is 6.31. The summed E-state index contributed by atoms with van der Waals surface area (Å²) >= 11 is 5.92. The standard InChI is InChI=1S/C13H14ClNO3/c1-3-18-13(17)12(16)10-7-15(2)11-6-8(14)4-5-9(10)11/h4-7,12,16H,3H2,1-2H3. The van der Waals surface area contributed by atoms with Gasteiger partial charge in [-0.3, -0.25) is 0 Å². The molecule has 1 heterocycles. The molecule has 18 heavy (non-hydrogen) atoms. The Hall–Kier alpha value is -1.52. The van der Waals surface area contributed by atoms with Gasteiger partial charge in [-0.25, -0.2) is 4.79 Å². The summed E-state index contributed by atoms with van der Waals surface area (Å²) in [5.74, 6) is -0.639. The summed E-state index contributed by atoms with van der Waals surface area (Å²) in [7, 11) is 1.83. The first-order chi connectivity index (χ1) is 8.54. The Kier molecular flexibility index (Phi) is 3.59. The van der Waals surface area contributed by atoms with Crippen LogP contribution in [0.25, 0.3) is 10.9 Å². The highest BCUT2D eigenvalue weighted by Gasteiger charge is 2.22. The van der Waals surface area contributed by atoms with Crippen molar-refractivity contribution in [3.8, 4) is 0 Å². The molecule has 1 atom stereocenters. The number of rotatable bonds is 3. The molecule has 0 aliphatic carbocycles. The molecule has 1 unspecified atom stereocenters. The summed E-state index contributed by atoms with van der Waals surface area (Å²) in [6.45, 7) is 1.94. The number of ether oxygens (including phenoxy) is 1. The zero-order chi connectivity index (χ0) is 13.3. The van der Waals surface area contributed by atoms with Crippen molar-refractivity contribution in [1.82, 2.24) is 4.57 Å². The van der Waals surface area contributed by atoms with Gasteiger partial charge in [0, 0.05) is 34.7 Å². The Morgan fingerprint density at radius 2 is 2.28 bits per heavy atom. The van der Waals surface area contributed by atoms with Gasteiger partial charge in [0.2, 0.25) is 0 Å². The summed E-state index contributed by atoms with van der Waals surface area (Å²) in [5.41, 5.74) is 1.39. The van der Waals surface area contributed by atoms with Crippen LogP contribution in [0.2, 0.25) is 5.02 Å². The Morgan fingerprint density at radius 1 is 1.56 bits per heavy atom. The fourth-order valence-electron chi connectivity index (χ4n) is 1.95. The number of carbonyl (C=O) groups excluding carboxylic acids is 1. The third kappa shape index (κ3) is 2.21. The van der Waals surface area contributed by atoms with Gasteiger partial charge in [0.05, 0.1) is 6.61 Å². The largest absolute Gasteiger partial charge is 0.464 e. The molecule has 0 radical (unpaired) electrons. The lowest BCUT2D eigenvalue weighted by Crippen LogP contribution is -2.15. The molecule has 0 saturated carbocycles. The third-order valence-electron chi connectivity index (χ3n) is 2.79. The number of esters is 1. The van der Waals surface area contributed by atoms with Gasteiger partial charge in [0.1, 0.15) is 0 Å². The van der Waals surface area contributed by atoms with Gasteiger partial charge in [-0.2, -0.15) is 0 Å². The molecule has 4 nitrogen and oxygen atoms in total. The van der Waals surface area contributed by atoms with Crippen LogP contribution in [0, 0.1) is 0 Å². The lowest BCUT2D eigenvalue weighted by Gasteiger charge is -2.08. The number of hydrogen-bond acceptors (Lipinski definition) is 3. The lowest BCUT2D eigenvalue weighted by molar-refractivity contribution is -0.153. The Morgan fingerprint density at radius 3 is 2.94 bits per heavy atom. The minimum Gasteiger partial charge on any atom is -0.464 e. The number of aromatic nitrogens is 1. The van der Waals surface area contributed by atoms with E-state index in [-0.39, 0.29) is 6.61 Å². The second kappa shape index (κ2) is 5.00. The molecular weight excluding hydrogens is 254 g/mol. The molecule has 0 aliphatic heterocycles. The van der Waals surface area contributed by atoms with Gasteiger partial charge in [-0.05, 0) is 19.1 Å². The first-order valence-corrected chi connectivity index (χ1v) is 6.01. The molecule has 0 saturated heterocycles. The molecule has 0 spiro atoms. The van der Waals surface area contributed by atoms with Crippen LogP contribution in [-0.2, 0) is 16.6 Å². The number of nitrogens with zero attached hydrogens (tertiary/aromatic N) is 1. The number of aliphatic hydroxyl groups is 1. The minimum atomic E-state index is -1.27. The Bertz CT molecular complexity index is 591. The van der Waals surface area contributed by atoms with Crippen molar-refractivity contribution in [1.29, 1.82) is 0 Å². The van der Waals surface area contributed by atoms with Gasteiger partial charge >= 0.3 is 5.97 Å². The maximum Gasteiger partial charge on any atom is 0.339 e. The molecular formula is C13H14ClNO3. The lowest BCUT2D eigenvalue weighted by atomic mass is 10.1. The molecule has 5 heteroatoms. The maximum atomic E-state index is 11.6. The van der Waals surface area contributed by atoms with Crippen molar-refractivity contribution in [2.24, 2.45) is 7.05 Å². The van der Waals surface area contributed by atoms with E-state index < -0.39 is 12.1 Å². The van der Waals surface area contributed by atoms with Crippen molar-refractivity contribution in [3.63, 3.8) is 0 Å². The quantitative estimate of drug-likeness (QED) is 0.869. The van der Waals surface area contributed by atoms with E-state index in [0.717, 1.165) is 10.9 Å². The number of fused-ring (bicyclic) bond motifs is 1. The van der Waals surface area contributed by atoms with Gasteiger partial charge in [0.15, 0.2) is 6.10 Å². The minimum absolute atomic E-state index is 0.243. The van der Waals surface area contributed by atoms with Crippen molar-refractivity contribution in [3.05, 3.63) is 35.0 Å². The summed E-state index contributed by atoms with van der Waals surface area (Å²) in [6, 6.07) is 5.30. The number of aryl methyl sites for hydroxylation is 1. The van der Waals surface area contributed by atoms with Gasteiger partial charge in [-0.1, -0.05) is 17.7 Å². The second-order valence-electron chi connectivity index (χ2n) is 4.01. The molecule has 1 aromatic heterocycles. The number of carbonyl (C=O) groups is 1. The van der Waals surface area contributed by atoms with Crippen LogP contribution >= 0.6 is 11.6 Å². The van der Waals surface area contributed by atoms with Crippen LogP contribution in [0.5, 0.6) is 0 Å². The van der Waals surface area contributed by atoms with Gasteiger partial charge < -0.3 is 14.4 Å². The van der Waals surface area contributed by atoms with Crippen molar-refractivity contribution >= 4 is 28.5 Å². The molecule has 2 rings (SSSR count). The first-order valence-electron chi connectivity index (χ1n) is 5.63. The smallest absolute Gasteiger partial charge is 0.339 e. The monoisotopic (exact) mass is 267 g/mol. The summed E-state index contributed by atoms with van der Waals surface area (Å²) < 4.78 is 6.63. The van der Waals surface area contributed by atoms with Crippen molar-refractivity contribution < 1.29 is 14.6 Å². The van der Waals surface area contributed by atoms with E-state index in [4.69, 9.17) is 16.3 Å². The van der Waals surface area contributed by atoms with Crippen LogP contribution < -0.4 is 0 Å². The van der Waals surface area contributed by atoms with E-state index in [1.54, 1.807) is 31.3 Å². The fourth-order valence-corrected chi connectivity index (χ4v) is 2.12. The summed E-state index contributed by atoms with van der Waals surface area (Å²) in [5, 5.41) is 11.4. The predicted octanol–water partition coefficient (Wildman–Crippen LogP) is 2.43. The molecule has 0 amide bonds. The molecule has 1 aromatic carbocycles. The first kappa shape index (κ1) is 12.9. The number of hydrogen-bond donors (Lipinski definition) is 1. The zero-order valence-corrected chi connectivity index (χ0v) is 10.9. The van der Waals surface area contributed by atoms with E-state index in [2.05, 4.69) is 0 Å². The van der Waals surface area contributed by atoms with Crippen LogP contribution in [0.3, 0.4) is 0 Å². The number of aliphatic hydroxyl groups excluding tert-OH is 1. The van der Waals surface area contributed by atoms with Gasteiger partial charge in [0.25, 0.3) is 0 Å². The van der Waals surface area contributed by atoms with E-state index in [9.17, 15) is 9.90 Å². The van der Waals surface area contributed by atoms with E-state index in [1.165, 1.54) is 0 Å². The van der Waals surface area contributed by atoms with Crippen LogP contribution in [0.4, 0.5) is 0 Å². The molecule has 96 valence electrons.